The second kappa shape index (κ2) is 5.68. The molecule has 3 rings (SSSR count). The standard InChI is InChI=1S/C13H8Br3ClOS/c14-9-5-10(19-13(9)16)11(15)8-4-7(17)3-6-1-2-18-12(6)8/h3-5,11H,1-2H2. The maximum atomic E-state index is 6.21. The Hall–Kier alpha value is 0.450. The fraction of sp³-hybridized carbons (Fsp3) is 0.231. The van der Waals surface area contributed by atoms with E-state index in [1.54, 1.807) is 11.3 Å². The van der Waals surface area contributed by atoms with Crippen LogP contribution in [0.15, 0.2) is 26.5 Å². The van der Waals surface area contributed by atoms with E-state index in [9.17, 15) is 0 Å². The first kappa shape index (κ1) is 14.4. The minimum Gasteiger partial charge on any atom is -0.493 e. The van der Waals surface area contributed by atoms with Crippen LogP contribution in [0.25, 0.3) is 0 Å². The zero-order chi connectivity index (χ0) is 13.6. The predicted octanol–water partition coefficient (Wildman–Crippen LogP) is 6.35. The maximum absolute atomic E-state index is 6.21. The molecule has 19 heavy (non-hydrogen) atoms. The molecule has 1 aliphatic rings. The van der Waals surface area contributed by atoms with Crippen LogP contribution in [0.2, 0.25) is 5.02 Å². The van der Waals surface area contributed by atoms with Crippen molar-refractivity contribution in [1.29, 1.82) is 0 Å². The summed E-state index contributed by atoms with van der Waals surface area (Å²) >= 11 is 18.7. The molecule has 1 aliphatic heterocycles. The highest BCUT2D eigenvalue weighted by Crippen LogP contribution is 2.46. The van der Waals surface area contributed by atoms with Crippen LogP contribution in [0.4, 0.5) is 0 Å². The van der Waals surface area contributed by atoms with Gasteiger partial charge in [-0.2, -0.15) is 0 Å². The number of benzene rings is 1. The van der Waals surface area contributed by atoms with Gasteiger partial charge >= 0.3 is 0 Å². The number of rotatable bonds is 2. The molecular formula is C13H8Br3ClOS. The molecule has 0 spiro atoms. The summed E-state index contributed by atoms with van der Waals surface area (Å²) in [5.41, 5.74) is 2.29. The summed E-state index contributed by atoms with van der Waals surface area (Å²) < 4.78 is 7.91. The summed E-state index contributed by atoms with van der Waals surface area (Å²) in [6.07, 6.45) is 0.931. The highest BCUT2D eigenvalue weighted by molar-refractivity contribution is 9.13. The second-order valence-corrected chi connectivity index (χ2v) is 8.82. The van der Waals surface area contributed by atoms with Gasteiger partial charge in [-0.15, -0.1) is 11.3 Å². The lowest BCUT2D eigenvalue weighted by molar-refractivity contribution is 0.354. The SMILES string of the molecule is Clc1cc2c(c(C(Br)c3cc(Br)c(Br)s3)c1)OCC2. The van der Waals surface area contributed by atoms with Crippen molar-refractivity contribution in [1.82, 2.24) is 0 Å². The van der Waals surface area contributed by atoms with E-state index >= 15 is 0 Å². The van der Waals surface area contributed by atoms with Gasteiger partial charge in [0.15, 0.2) is 0 Å². The largest absolute Gasteiger partial charge is 0.493 e. The van der Waals surface area contributed by atoms with Crippen molar-refractivity contribution in [2.24, 2.45) is 0 Å². The molecule has 0 N–H and O–H groups in total. The van der Waals surface area contributed by atoms with E-state index in [1.165, 1.54) is 10.4 Å². The van der Waals surface area contributed by atoms with Crippen molar-refractivity contribution in [3.05, 3.63) is 47.5 Å². The van der Waals surface area contributed by atoms with Crippen LogP contribution in [-0.4, -0.2) is 6.61 Å². The highest BCUT2D eigenvalue weighted by atomic mass is 79.9. The molecule has 2 heterocycles. The first-order valence-corrected chi connectivity index (χ1v) is 9.30. The van der Waals surface area contributed by atoms with Gasteiger partial charge in [0, 0.05) is 26.4 Å². The van der Waals surface area contributed by atoms with Gasteiger partial charge in [-0.1, -0.05) is 27.5 Å². The van der Waals surface area contributed by atoms with E-state index in [0.29, 0.717) is 0 Å². The Balaban J connectivity index is 2.07. The average Bonchev–Trinajstić information content (AvgIpc) is 2.95. The number of alkyl halides is 1. The lowest BCUT2D eigenvalue weighted by Gasteiger charge is -2.13. The van der Waals surface area contributed by atoms with Crippen LogP contribution >= 0.6 is 70.7 Å². The van der Waals surface area contributed by atoms with Gasteiger partial charge in [0.1, 0.15) is 5.75 Å². The average molecular weight is 487 g/mol. The zero-order valence-corrected chi connectivity index (χ0v) is 15.9. The third-order valence-electron chi connectivity index (χ3n) is 2.96. The molecule has 0 aliphatic carbocycles. The molecule has 1 nitrogen and oxygen atoms in total. The van der Waals surface area contributed by atoms with Crippen molar-refractivity contribution in [2.45, 2.75) is 11.2 Å². The lowest BCUT2D eigenvalue weighted by Crippen LogP contribution is -1.95. The van der Waals surface area contributed by atoms with Gasteiger partial charge in [-0.05, 0) is 55.6 Å². The Morgan fingerprint density at radius 2 is 2.05 bits per heavy atom. The topological polar surface area (TPSA) is 9.23 Å². The van der Waals surface area contributed by atoms with E-state index in [4.69, 9.17) is 16.3 Å². The molecule has 0 radical (unpaired) electrons. The molecule has 0 bridgehead atoms. The molecule has 6 heteroatoms. The summed E-state index contributed by atoms with van der Waals surface area (Å²) in [6.45, 7) is 0.736. The monoisotopic (exact) mass is 484 g/mol. The molecule has 2 aromatic rings. The van der Waals surface area contributed by atoms with Crippen LogP contribution in [0.3, 0.4) is 0 Å². The van der Waals surface area contributed by atoms with Crippen molar-refractivity contribution in [3.63, 3.8) is 0 Å². The Bertz CT molecular complexity index is 622. The fourth-order valence-electron chi connectivity index (χ4n) is 2.13. The van der Waals surface area contributed by atoms with E-state index < -0.39 is 0 Å². The quantitative estimate of drug-likeness (QED) is 0.449. The lowest BCUT2D eigenvalue weighted by atomic mass is 10.0. The Morgan fingerprint density at radius 1 is 1.26 bits per heavy atom. The van der Waals surface area contributed by atoms with Crippen LogP contribution in [-0.2, 0) is 6.42 Å². The molecule has 0 saturated heterocycles. The highest BCUT2D eigenvalue weighted by Gasteiger charge is 2.24. The van der Waals surface area contributed by atoms with Gasteiger partial charge < -0.3 is 4.74 Å². The summed E-state index contributed by atoms with van der Waals surface area (Å²) in [7, 11) is 0. The summed E-state index contributed by atoms with van der Waals surface area (Å²) in [5.74, 6) is 0.979. The molecular weight excluding hydrogens is 479 g/mol. The van der Waals surface area contributed by atoms with Gasteiger partial charge in [-0.25, -0.2) is 0 Å². The number of halogens is 4. The zero-order valence-electron chi connectivity index (χ0n) is 9.55. The van der Waals surface area contributed by atoms with Crippen LogP contribution in [0, 0.1) is 0 Å². The second-order valence-electron chi connectivity index (χ2n) is 4.21. The van der Waals surface area contributed by atoms with Gasteiger partial charge in [0.2, 0.25) is 0 Å². The van der Waals surface area contributed by atoms with Crippen LogP contribution < -0.4 is 4.74 Å². The molecule has 0 saturated carbocycles. The summed E-state index contributed by atoms with van der Waals surface area (Å²) in [5, 5.41) is 0.762. The van der Waals surface area contributed by atoms with Crippen molar-refractivity contribution in [3.8, 4) is 5.75 Å². The predicted molar refractivity (Wildman–Crippen MR) is 91.1 cm³/mol. The maximum Gasteiger partial charge on any atom is 0.127 e. The van der Waals surface area contributed by atoms with Crippen LogP contribution in [0.5, 0.6) is 5.75 Å². The molecule has 1 aromatic carbocycles. The van der Waals surface area contributed by atoms with Crippen molar-refractivity contribution >= 4 is 70.7 Å². The third-order valence-corrected chi connectivity index (χ3v) is 7.79. The Labute approximate surface area is 145 Å². The van der Waals surface area contributed by atoms with Gasteiger partial charge in [0.25, 0.3) is 0 Å². The Kier molecular flexibility index (Phi) is 4.30. The minimum atomic E-state index is 0.0886. The van der Waals surface area contributed by atoms with E-state index in [1.807, 2.05) is 12.1 Å². The molecule has 1 atom stereocenters. The van der Waals surface area contributed by atoms with E-state index in [0.717, 1.165) is 37.6 Å². The first-order valence-electron chi connectivity index (χ1n) is 5.60. The number of ether oxygens (including phenoxy) is 1. The smallest absolute Gasteiger partial charge is 0.127 e. The minimum absolute atomic E-state index is 0.0886. The number of hydrogen-bond donors (Lipinski definition) is 0. The third kappa shape index (κ3) is 2.77. The van der Waals surface area contributed by atoms with E-state index in [-0.39, 0.29) is 4.83 Å². The number of thiophene rings is 1. The molecule has 0 fully saturated rings. The number of hydrogen-bond acceptors (Lipinski definition) is 2. The fourth-order valence-corrected chi connectivity index (χ4v) is 5.22. The van der Waals surface area contributed by atoms with E-state index in [2.05, 4.69) is 53.9 Å². The number of fused-ring (bicyclic) bond motifs is 1. The van der Waals surface area contributed by atoms with Crippen LogP contribution in [0.1, 0.15) is 20.8 Å². The molecule has 0 amide bonds. The van der Waals surface area contributed by atoms with Gasteiger partial charge in [-0.3, -0.25) is 0 Å². The van der Waals surface area contributed by atoms with Gasteiger partial charge in [0.05, 0.1) is 15.2 Å². The Morgan fingerprint density at radius 3 is 2.74 bits per heavy atom. The first-order chi connectivity index (χ1) is 9.06. The molecule has 1 aromatic heterocycles. The van der Waals surface area contributed by atoms with Crippen molar-refractivity contribution < 1.29 is 4.74 Å². The molecule has 1 unspecified atom stereocenters. The molecule has 100 valence electrons. The summed E-state index contributed by atoms with van der Waals surface area (Å²) in [6, 6.07) is 6.08. The summed E-state index contributed by atoms with van der Waals surface area (Å²) in [4.78, 5) is 1.30. The van der Waals surface area contributed by atoms with Crippen molar-refractivity contribution in [2.75, 3.05) is 6.61 Å². The normalized spacial score (nSPS) is 15.2.